The van der Waals surface area contributed by atoms with Gasteiger partial charge in [-0.3, -0.25) is 4.79 Å². The van der Waals surface area contributed by atoms with Gasteiger partial charge in [-0.1, -0.05) is 52.4 Å². The number of carbonyl (C=O) groups excluding carboxylic acids is 2. The van der Waals surface area contributed by atoms with Crippen molar-refractivity contribution >= 4 is 39.6 Å². The van der Waals surface area contributed by atoms with Gasteiger partial charge in [0.1, 0.15) is 16.9 Å². The highest BCUT2D eigenvalue weighted by Crippen LogP contribution is 2.33. The van der Waals surface area contributed by atoms with Gasteiger partial charge >= 0.3 is 6.03 Å². The first-order chi connectivity index (χ1) is 22.0. The van der Waals surface area contributed by atoms with Crippen LogP contribution in [0.3, 0.4) is 0 Å². The molecule has 4 aromatic rings. The van der Waals surface area contributed by atoms with Crippen molar-refractivity contribution in [2.24, 2.45) is 5.73 Å². The van der Waals surface area contributed by atoms with Crippen LogP contribution in [-0.4, -0.2) is 38.2 Å². The van der Waals surface area contributed by atoms with Gasteiger partial charge in [0.05, 0.1) is 25.1 Å². The van der Waals surface area contributed by atoms with E-state index in [0.717, 1.165) is 109 Å². The summed E-state index contributed by atoms with van der Waals surface area (Å²) in [6.07, 6.45) is 14.4. The van der Waals surface area contributed by atoms with Crippen molar-refractivity contribution in [3.8, 4) is 5.75 Å². The highest BCUT2D eigenvalue weighted by molar-refractivity contribution is 5.91. The molecule has 9 heteroatoms. The van der Waals surface area contributed by atoms with Crippen molar-refractivity contribution in [1.29, 1.82) is 0 Å². The highest BCUT2D eigenvalue weighted by atomic mass is 16.5. The molecule has 1 unspecified atom stereocenters. The number of benzene rings is 2. The van der Waals surface area contributed by atoms with Crippen LogP contribution in [0.5, 0.6) is 5.75 Å². The Hall–Kier alpha value is -4.14. The van der Waals surface area contributed by atoms with Crippen LogP contribution in [0.2, 0.25) is 0 Å². The zero-order chi connectivity index (χ0) is 31.9. The zero-order valence-electron chi connectivity index (χ0n) is 26.9. The summed E-state index contributed by atoms with van der Waals surface area (Å²) in [6.45, 7) is 6.94. The van der Waals surface area contributed by atoms with E-state index < -0.39 is 0 Å². The van der Waals surface area contributed by atoms with Crippen LogP contribution in [0.4, 0.5) is 10.5 Å². The Labute approximate surface area is 266 Å². The first-order valence-corrected chi connectivity index (χ1v) is 16.7. The Morgan fingerprint density at radius 3 is 2.38 bits per heavy atom. The standard InChI is InChI=1S/C36H50N4O5/c1-3-5-6-9-12-29(35(37)41)32-25-45-34-15-13-27(22-31(32)34)38-19-10-7-8-11-21-43-28-14-16-33-30(23-28)26(24-44-33)17-20-40-36(42)39-18-4-2/h13-16,22-25,29,38H,3-12,17-21H2,1-2H3,(H2,37,41)(H2,39,40,42). The summed E-state index contributed by atoms with van der Waals surface area (Å²) in [5.41, 5.74) is 10.4. The minimum Gasteiger partial charge on any atom is -0.494 e. The number of nitrogens with two attached hydrogens (primary N) is 1. The van der Waals surface area contributed by atoms with Crippen LogP contribution in [-0.2, 0) is 11.2 Å². The van der Waals surface area contributed by atoms with E-state index in [0.29, 0.717) is 26.1 Å². The Morgan fingerprint density at radius 1 is 0.800 bits per heavy atom. The van der Waals surface area contributed by atoms with E-state index in [1.165, 1.54) is 6.42 Å². The van der Waals surface area contributed by atoms with Gasteiger partial charge in [0.15, 0.2) is 0 Å². The summed E-state index contributed by atoms with van der Waals surface area (Å²) >= 11 is 0. The number of unbranched alkanes of at least 4 members (excludes halogenated alkanes) is 6. The van der Waals surface area contributed by atoms with E-state index in [-0.39, 0.29) is 17.9 Å². The van der Waals surface area contributed by atoms with E-state index >= 15 is 0 Å². The lowest BCUT2D eigenvalue weighted by Gasteiger charge is -2.12. The first kappa shape index (κ1) is 33.7. The SMILES string of the molecule is CCCCCCC(C(N)=O)c1coc2ccc(NCCCCCCOc3ccc4occ(CCNC(=O)NCCC)c4c3)cc12. The molecule has 4 rings (SSSR count). The molecule has 0 aliphatic rings. The van der Waals surface area contributed by atoms with Crippen molar-refractivity contribution < 1.29 is 23.2 Å². The molecule has 0 spiro atoms. The van der Waals surface area contributed by atoms with Crippen LogP contribution in [0.15, 0.2) is 57.8 Å². The molecule has 0 aliphatic heterocycles. The quantitative estimate of drug-likeness (QED) is 0.0699. The molecule has 9 nitrogen and oxygen atoms in total. The molecule has 0 saturated heterocycles. The van der Waals surface area contributed by atoms with Gasteiger partial charge in [0.25, 0.3) is 0 Å². The number of nitrogens with one attached hydrogen (secondary N) is 3. The van der Waals surface area contributed by atoms with Gasteiger partial charge < -0.3 is 35.3 Å². The number of furan rings is 2. The van der Waals surface area contributed by atoms with E-state index in [9.17, 15) is 9.59 Å². The van der Waals surface area contributed by atoms with Crippen LogP contribution < -0.4 is 26.4 Å². The largest absolute Gasteiger partial charge is 0.494 e. The second-order valence-electron chi connectivity index (χ2n) is 11.7. The molecule has 244 valence electrons. The fourth-order valence-electron chi connectivity index (χ4n) is 5.61. The average molecular weight is 619 g/mol. The Bertz CT molecular complexity index is 1490. The lowest BCUT2D eigenvalue weighted by atomic mass is 9.92. The number of rotatable bonds is 21. The van der Waals surface area contributed by atoms with Gasteiger partial charge in [-0.15, -0.1) is 0 Å². The lowest BCUT2D eigenvalue weighted by Crippen LogP contribution is -2.36. The molecule has 45 heavy (non-hydrogen) atoms. The molecule has 0 bridgehead atoms. The minimum atomic E-state index is -0.323. The maximum Gasteiger partial charge on any atom is 0.314 e. The van der Waals surface area contributed by atoms with Gasteiger partial charge in [-0.2, -0.15) is 0 Å². The monoisotopic (exact) mass is 618 g/mol. The molecule has 0 saturated carbocycles. The third-order valence-corrected chi connectivity index (χ3v) is 8.18. The maximum absolute atomic E-state index is 12.3. The van der Waals surface area contributed by atoms with Gasteiger partial charge in [0, 0.05) is 47.2 Å². The number of hydrogen-bond acceptors (Lipinski definition) is 6. The molecule has 2 aromatic carbocycles. The second kappa shape index (κ2) is 18.0. The maximum atomic E-state index is 12.3. The van der Waals surface area contributed by atoms with E-state index in [4.69, 9.17) is 19.3 Å². The summed E-state index contributed by atoms with van der Waals surface area (Å²) in [4.78, 5) is 24.0. The Kier molecular flexibility index (Phi) is 13.5. The van der Waals surface area contributed by atoms with Crippen LogP contribution >= 0.6 is 0 Å². The number of carbonyl (C=O) groups is 2. The molecule has 0 fully saturated rings. The van der Waals surface area contributed by atoms with E-state index in [1.807, 2.05) is 37.3 Å². The number of anilines is 1. The number of hydrogen-bond donors (Lipinski definition) is 4. The van der Waals surface area contributed by atoms with Crippen LogP contribution in [0, 0.1) is 0 Å². The Morgan fingerprint density at radius 2 is 1.56 bits per heavy atom. The topological polar surface area (TPSA) is 132 Å². The van der Waals surface area contributed by atoms with Crippen molar-refractivity contribution in [3.63, 3.8) is 0 Å². The predicted octanol–water partition coefficient (Wildman–Crippen LogP) is 8.02. The van der Waals surface area contributed by atoms with Crippen LogP contribution in [0.25, 0.3) is 21.9 Å². The normalized spacial score (nSPS) is 12.0. The van der Waals surface area contributed by atoms with Crippen LogP contribution in [0.1, 0.15) is 95.1 Å². The molecule has 0 aliphatic carbocycles. The smallest absolute Gasteiger partial charge is 0.314 e. The number of urea groups is 1. The fraction of sp³-hybridized carbons (Fsp3) is 0.500. The molecule has 5 N–H and O–H groups in total. The second-order valence-corrected chi connectivity index (χ2v) is 11.7. The molecule has 0 radical (unpaired) electrons. The molecular weight excluding hydrogens is 568 g/mol. The summed E-state index contributed by atoms with van der Waals surface area (Å²) in [5, 5.41) is 11.2. The summed E-state index contributed by atoms with van der Waals surface area (Å²) < 4.78 is 17.5. The molecule has 1 atom stereocenters. The van der Waals surface area contributed by atoms with Gasteiger partial charge in [-0.05, 0) is 68.5 Å². The van der Waals surface area contributed by atoms with Crippen molar-refractivity contribution in [2.75, 3.05) is 31.6 Å². The molecule has 2 heterocycles. The van der Waals surface area contributed by atoms with Gasteiger partial charge in [0.2, 0.25) is 5.91 Å². The fourth-order valence-corrected chi connectivity index (χ4v) is 5.61. The molecule has 3 amide bonds. The lowest BCUT2D eigenvalue weighted by molar-refractivity contribution is -0.119. The first-order valence-electron chi connectivity index (χ1n) is 16.7. The predicted molar refractivity (Wildman–Crippen MR) is 181 cm³/mol. The third-order valence-electron chi connectivity index (χ3n) is 8.18. The van der Waals surface area contributed by atoms with E-state index in [1.54, 1.807) is 12.5 Å². The number of fused-ring (bicyclic) bond motifs is 2. The number of ether oxygens (including phenoxy) is 1. The minimum absolute atomic E-state index is 0.141. The zero-order valence-corrected chi connectivity index (χ0v) is 26.9. The third kappa shape index (κ3) is 10.2. The van der Waals surface area contributed by atoms with Crippen molar-refractivity contribution in [3.05, 3.63) is 60.1 Å². The molecular formula is C36H50N4O5. The van der Waals surface area contributed by atoms with Gasteiger partial charge in [-0.25, -0.2) is 4.79 Å². The summed E-state index contributed by atoms with van der Waals surface area (Å²) in [6, 6.07) is 11.8. The summed E-state index contributed by atoms with van der Waals surface area (Å²) in [5.74, 6) is 0.214. The van der Waals surface area contributed by atoms with Crippen molar-refractivity contribution in [1.82, 2.24) is 10.6 Å². The van der Waals surface area contributed by atoms with E-state index in [2.05, 4.69) is 28.9 Å². The highest BCUT2D eigenvalue weighted by Gasteiger charge is 2.22. The molecule has 2 aromatic heterocycles. The number of amides is 3. The number of primary amides is 1. The summed E-state index contributed by atoms with van der Waals surface area (Å²) in [7, 11) is 0. The average Bonchev–Trinajstić information content (AvgIpc) is 3.64. The Balaban J connectivity index is 1.16. The van der Waals surface area contributed by atoms with Crippen molar-refractivity contribution in [2.45, 2.75) is 90.4 Å².